The van der Waals surface area contributed by atoms with Gasteiger partial charge in [-0.15, -0.1) is 0 Å². The van der Waals surface area contributed by atoms with Gasteiger partial charge in [0, 0.05) is 31.4 Å². The molecule has 26 heavy (non-hydrogen) atoms. The van der Waals surface area contributed by atoms with Crippen molar-refractivity contribution in [3.8, 4) is 0 Å². The van der Waals surface area contributed by atoms with Crippen molar-refractivity contribution in [2.24, 2.45) is 4.99 Å². The fraction of sp³-hybridized carbons (Fsp3) is 0.579. The molecule has 0 bridgehead atoms. The van der Waals surface area contributed by atoms with Gasteiger partial charge < -0.3 is 20.9 Å². The molecule has 1 aromatic rings. The highest BCUT2D eigenvalue weighted by molar-refractivity contribution is 5.94. The summed E-state index contributed by atoms with van der Waals surface area (Å²) < 4.78 is 12.9. The number of likely N-dealkylation sites (tertiary alicyclic amines) is 1. The lowest BCUT2D eigenvalue weighted by Gasteiger charge is -2.32. The summed E-state index contributed by atoms with van der Waals surface area (Å²) in [5, 5.41) is 9.33. The molecule has 0 spiro atoms. The Balaban J connectivity index is 1.82. The molecule has 1 aromatic carbocycles. The smallest absolute Gasteiger partial charge is 0.246 e. The summed E-state index contributed by atoms with van der Waals surface area (Å²) in [6, 6.07) is 6.07. The molecule has 7 heteroatoms. The van der Waals surface area contributed by atoms with Crippen LogP contribution in [0.5, 0.6) is 0 Å². The lowest BCUT2D eigenvalue weighted by Crippen LogP contribution is -2.49. The zero-order chi connectivity index (χ0) is 18.8. The van der Waals surface area contributed by atoms with Crippen molar-refractivity contribution >= 4 is 17.6 Å². The fourth-order valence-electron chi connectivity index (χ4n) is 3.02. The minimum atomic E-state index is -0.329. The van der Waals surface area contributed by atoms with Crippen LogP contribution in [0.15, 0.2) is 29.3 Å². The van der Waals surface area contributed by atoms with Crippen molar-refractivity contribution in [3.63, 3.8) is 0 Å². The lowest BCUT2D eigenvalue weighted by molar-refractivity contribution is -0.114. The molecular formula is C19H30FN5O. The van der Waals surface area contributed by atoms with Crippen LogP contribution in [0, 0.1) is 5.82 Å². The molecule has 144 valence electrons. The average molecular weight is 363 g/mol. The molecule has 2 rings (SSSR count). The minimum Gasteiger partial charge on any atom is -0.357 e. The van der Waals surface area contributed by atoms with Gasteiger partial charge in [0.2, 0.25) is 5.91 Å². The van der Waals surface area contributed by atoms with Crippen molar-refractivity contribution in [1.82, 2.24) is 15.5 Å². The van der Waals surface area contributed by atoms with Crippen LogP contribution >= 0.6 is 0 Å². The van der Waals surface area contributed by atoms with Gasteiger partial charge in [0.25, 0.3) is 0 Å². The van der Waals surface area contributed by atoms with Gasteiger partial charge in [-0.3, -0.25) is 4.79 Å². The van der Waals surface area contributed by atoms with E-state index in [-0.39, 0.29) is 18.3 Å². The van der Waals surface area contributed by atoms with Crippen molar-refractivity contribution in [1.29, 1.82) is 0 Å². The number of hydrogen-bond acceptors (Lipinski definition) is 3. The van der Waals surface area contributed by atoms with Crippen molar-refractivity contribution in [2.45, 2.75) is 39.2 Å². The van der Waals surface area contributed by atoms with Crippen LogP contribution in [-0.2, 0) is 4.79 Å². The maximum absolute atomic E-state index is 12.9. The van der Waals surface area contributed by atoms with Gasteiger partial charge >= 0.3 is 0 Å². The Hall–Kier alpha value is -2.15. The van der Waals surface area contributed by atoms with Crippen molar-refractivity contribution in [2.75, 3.05) is 38.0 Å². The van der Waals surface area contributed by atoms with Crippen molar-refractivity contribution in [3.05, 3.63) is 30.1 Å². The number of carbonyl (C=O) groups is 1. The summed E-state index contributed by atoms with van der Waals surface area (Å²) >= 11 is 0. The number of rotatable bonds is 7. The monoisotopic (exact) mass is 363 g/mol. The standard InChI is InChI=1S/C19H30FN5O/c1-3-11-25-12-9-17(10-13-25)24-19(21-4-2)22-14-18(26)23-16-7-5-15(20)6-8-16/h5-8,17H,3-4,9-14H2,1-2H3,(H,23,26)(H2,21,22,24). The zero-order valence-corrected chi connectivity index (χ0v) is 15.7. The van der Waals surface area contributed by atoms with Gasteiger partial charge in [0.05, 0.1) is 0 Å². The Morgan fingerprint density at radius 3 is 2.54 bits per heavy atom. The predicted octanol–water partition coefficient (Wildman–Crippen LogP) is 2.19. The molecule has 0 atom stereocenters. The SMILES string of the molecule is CCCN1CCC(NC(=NCC(=O)Nc2ccc(F)cc2)NCC)CC1. The van der Waals surface area contributed by atoms with E-state index in [0.717, 1.165) is 39.0 Å². The Kier molecular flexibility index (Phi) is 8.34. The Labute approximate surface area is 155 Å². The largest absolute Gasteiger partial charge is 0.357 e. The van der Waals surface area contributed by atoms with Crippen LogP contribution in [0.3, 0.4) is 0 Å². The molecule has 1 saturated heterocycles. The molecule has 1 fully saturated rings. The van der Waals surface area contributed by atoms with Gasteiger partial charge in [-0.25, -0.2) is 9.38 Å². The first kappa shape index (κ1) is 20.2. The molecular weight excluding hydrogens is 333 g/mol. The molecule has 0 unspecified atom stereocenters. The zero-order valence-electron chi connectivity index (χ0n) is 15.7. The molecule has 0 saturated carbocycles. The molecule has 1 aliphatic rings. The lowest BCUT2D eigenvalue weighted by atomic mass is 10.1. The molecule has 1 heterocycles. The summed E-state index contributed by atoms with van der Waals surface area (Å²) in [7, 11) is 0. The molecule has 1 aliphatic heterocycles. The van der Waals surface area contributed by atoms with E-state index in [0.29, 0.717) is 17.7 Å². The predicted molar refractivity (Wildman–Crippen MR) is 104 cm³/mol. The molecule has 0 aliphatic carbocycles. The minimum absolute atomic E-state index is 0.0153. The number of anilines is 1. The third-order valence-electron chi connectivity index (χ3n) is 4.32. The van der Waals surface area contributed by atoms with E-state index < -0.39 is 0 Å². The van der Waals surface area contributed by atoms with E-state index in [9.17, 15) is 9.18 Å². The van der Waals surface area contributed by atoms with Gasteiger partial charge in [-0.1, -0.05) is 6.92 Å². The van der Waals surface area contributed by atoms with Gasteiger partial charge in [0.15, 0.2) is 5.96 Å². The van der Waals surface area contributed by atoms with E-state index in [1.165, 1.54) is 30.7 Å². The Morgan fingerprint density at radius 1 is 1.23 bits per heavy atom. The van der Waals surface area contributed by atoms with Crippen LogP contribution < -0.4 is 16.0 Å². The molecule has 3 N–H and O–H groups in total. The first-order valence-electron chi connectivity index (χ1n) is 9.43. The van der Waals surface area contributed by atoms with Gasteiger partial charge in [0.1, 0.15) is 12.4 Å². The number of halogens is 1. The number of nitrogens with one attached hydrogen (secondary N) is 3. The van der Waals surface area contributed by atoms with Crippen LogP contribution in [0.4, 0.5) is 10.1 Å². The van der Waals surface area contributed by atoms with Crippen LogP contribution in [0.25, 0.3) is 0 Å². The number of piperidine rings is 1. The quantitative estimate of drug-likeness (QED) is 0.513. The number of aliphatic imine (C=N–C) groups is 1. The first-order chi connectivity index (χ1) is 12.6. The number of benzene rings is 1. The highest BCUT2D eigenvalue weighted by Crippen LogP contribution is 2.10. The van der Waals surface area contributed by atoms with E-state index >= 15 is 0 Å². The third-order valence-corrected chi connectivity index (χ3v) is 4.32. The maximum Gasteiger partial charge on any atom is 0.246 e. The number of hydrogen-bond donors (Lipinski definition) is 3. The first-order valence-corrected chi connectivity index (χ1v) is 9.43. The van der Waals surface area contributed by atoms with Gasteiger partial charge in [-0.2, -0.15) is 0 Å². The highest BCUT2D eigenvalue weighted by Gasteiger charge is 2.19. The van der Waals surface area contributed by atoms with Crippen LogP contribution in [0.1, 0.15) is 33.1 Å². The average Bonchev–Trinajstić information content (AvgIpc) is 2.64. The summed E-state index contributed by atoms with van der Waals surface area (Å²) in [6.07, 6.45) is 3.34. The highest BCUT2D eigenvalue weighted by atomic mass is 19.1. The van der Waals surface area contributed by atoms with Crippen LogP contribution in [-0.4, -0.2) is 55.5 Å². The topological polar surface area (TPSA) is 68.8 Å². The molecule has 0 aromatic heterocycles. The van der Waals surface area contributed by atoms with E-state index in [1.54, 1.807) is 0 Å². The molecule has 0 radical (unpaired) electrons. The number of amides is 1. The maximum atomic E-state index is 12.9. The number of carbonyl (C=O) groups excluding carboxylic acids is 1. The summed E-state index contributed by atoms with van der Waals surface area (Å²) in [5.74, 6) is 0.104. The number of nitrogens with zero attached hydrogens (tertiary/aromatic N) is 2. The molecule has 1 amide bonds. The third kappa shape index (κ3) is 7.00. The molecule has 6 nitrogen and oxygen atoms in total. The normalized spacial score (nSPS) is 16.3. The fourth-order valence-corrected chi connectivity index (χ4v) is 3.02. The number of guanidine groups is 1. The second-order valence-electron chi connectivity index (χ2n) is 6.51. The van der Waals surface area contributed by atoms with Crippen LogP contribution in [0.2, 0.25) is 0 Å². The Morgan fingerprint density at radius 2 is 1.92 bits per heavy atom. The van der Waals surface area contributed by atoms with Crippen molar-refractivity contribution < 1.29 is 9.18 Å². The second-order valence-corrected chi connectivity index (χ2v) is 6.51. The summed E-state index contributed by atoms with van der Waals surface area (Å²) in [6.45, 7) is 8.30. The van der Waals surface area contributed by atoms with E-state index in [4.69, 9.17) is 0 Å². The van der Waals surface area contributed by atoms with Gasteiger partial charge in [-0.05, 0) is 57.0 Å². The summed E-state index contributed by atoms with van der Waals surface area (Å²) in [4.78, 5) is 18.9. The van der Waals surface area contributed by atoms with E-state index in [1.807, 2.05) is 6.92 Å². The second kappa shape index (κ2) is 10.8. The Bertz CT molecular complexity index is 582. The summed E-state index contributed by atoms with van der Waals surface area (Å²) in [5.41, 5.74) is 0.563. The van der Waals surface area contributed by atoms with E-state index in [2.05, 4.69) is 32.8 Å².